The van der Waals surface area contributed by atoms with Gasteiger partial charge in [-0.3, -0.25) is 0 Å². The average Bonchev–Trinajstić information content (AvgIpc) is 2.83. The molecule has 0 amide bonds. The molecule has 1 N–H and O–H groups in total. The highest BCUT2D eigenvalue weighted by molar-refractivity contribution is 5.41. The van der Waals surface area contributed by atoms with Gasteiger partial charge in [-0.25, -0.2) is 0 Å². The van der Waals surface area contributed by atoms with Crippen LogP contribution in [0.1, 0.15) is 38.5 Å². The van der Waals surface area contributed by atoms with Crippen LogP contribution < -0.4 is 14.5 Å². The van der Waals surface area contributed by atoms with Crippen molar-refractivity contribution in [2.45, 2.75) is 44.6 Å². The Balaban J connectivity index is 1.85. The fourth-order valence-electron chi connectivity index (χ4n) is 3.12. The molecule has 1 unspecified atom stereocenters. The van der Waals surface area contributed by atoms with Gasteiger partial charge in [0.25, 0.3) is 0 Å². The molecular weight excluding hydrogens is 282 g/mol. The molecule has 1 aromatic heterocycles. The quantitative estimate of drug-likeness (QED) is 0.900. The molecule has 2 aliphatic heterocycles. The van der Waals surface area contributed by atoms with Gasteiger partial charge < -0.3 is 19.6 Å². The Labute approximate surface area is 131 Å². The Kier molecular flexibility index (Phi) is 4.92. The molecule has 22 heavy (non-hydrogen) atoms. The minimum absolute atomic E-state index is 0.307. The number of methoxy groups -OCH3 is 1. The minimum Gasteiger partial charge on any atom is -0.467 e. The molecule has 122 valence electrons. The summed E-state index contributed by atoms with van der Waals surface area (Å²) in [5.74, 6) is 1.31. The molecule has 2 saturated heterocycles. The third-order valence-corrected chi connectivity index (χ3v) is 4.34. The molecule has 0 bridgehead atoms. The van der Waals surface area contributed by atoms with Crippen molar-refractivity contribution in [1.29, 1.82) is 0 Å². The van der Waals surface area contributed by atoms with Crippen LogP contribution in [0, 0.1) is 0 Å². The van der Waals surface area contributed by atoms with Crippen molar-refractivity contribution in [2.24, 2.45) is 0 Å². The van der Waals surface area contributed by atoms with Gasteiger partial charge in [-0.1, -0.05) is 12.8 Å². The van der Waals surface area contributed by atoms with Gasteiger partial charge in [-0.05, 0) is 25.7 Å². The number of rotatable bonds is 3. The predicted octanol–water partition coefficient (Wildman–Crippen LogP) is 1.22. The lowest BCUT2D eigenvalue weighted by Crippen LogP contribution is -2.39. The van der Waals surface area contributed by atoms with E-state index < -0.39 is 0 Å². The normalized spacial score (nSPS) is 23.3. The summed E-state index contributed by atoms with van der Waals surface area (Å²) >= 11 is 0. The van der Waals surface area contributed by atoms with Gasteiger partial charge in [-0.2, -0.15) is 15.0 Å². The summed E-state index contributed by atoms with van der Waals surface area (Å²) in [5, 5.41) is 9.87. The third kappa shape index (κ3) is 3.58. The molecule has 0 aliphatic carbocycles. The first-order valence-corrected chi connectivity index (χ1v) is 8.24. The highest BCUT2D eigenvalue weighted by atomic mass is 16.5. The Bertz CT molecular complexity index is 471. The summed E-state index contributed by atoms with van der Waals surface area (Å²) in [6.45, 7) is 3.40. The third-order valence-electron chi connectivity index (χ3n) is 4.34. The molecule has 0 radical (unpaired) electrons. The van der Waals surface area contributed by atoms with Gasteiger partial charge in [0.1, 0.15) is 0 Å². The summed E-state index contributed by atoms with van der Waals surface area (Å²) in [5.41, 5.74) is 0. The number of piperidine rings is 1. The van der Waals surface area contributed by atoms with Crippen LogP contribution in [0.3, 0.4) is 0 Å². The first-order valence-electron chi connectivity index (χ1n) is 8.24. The van der Waals surface area contributed by atoms with Crippen LogP contribution in [0.4, 0.5) is 11.9 Å². The standard InChI is InChI=1S/C15H25N5O2/c1-22-15-17-13(19-8-4-2-3-5-9-19)16-14(18-15)20-10-6-7-12(21)11-20/h12,21H,2-11H2,1H3. The monoisotopic (exact) mass is 307 g/mol. The highest BCUT2D eigenvalue weighted by Crippen LogP contribution is 2.23. The van der Waals surface area contributed by atoms with Crippen LogP contribution in [0.25, 0.3) is 0 Å². The molecule has 0 aromatic carbocycles. The number of anilines is 2. The first-order chi connectivity index (χ1) is 10.8. The Morgan fingerprint density at radius 1 is 0.909 bits per heavy atom. The van der Waals surface area contributed by atoms with E-state index in [9.17, 15) is 5.11 Å². The van der Waals surface area contributed by atoms with E-state index in [1.807, 2.05) is 4.90 Å². The molecule has 3 rings (SSSR count). The number of aromatic nitrogens is 3. The summed E-state index contributed by atoms with van der Waals surface area (Å²) in [6, 6.07) is 0.351. The topological polar surface area (TPSA) is 74.6 Å². The van der Waals surface area contributed by atoms with E-state index in [1.165, 1.54) is 25.7 Å². The number of hydrogen-bond acceptors (Lipinski definition) is 7. The number of β-amino-alcohol motifs (C(OH)–C–C–N with tert-alkyl or cyclic N) is 1. The fraction of sp³-hybridized carbons (Fsp3) is 0.800. The van der Waals surface area contributed by atoms with Crippen molar-refractivity contribution >= 4 is 11.9 Å². The van der Waals surface area contributed by atoms with Crippen LogP contribution in [-0.2, 0) is 0 Å². The number of aliphatic hydroxyl groups excluding tert-OH is 1. The first kappa shape index (κ1) is 15.3. The van der Waals surface area contributed by atoms with E-state index in [4.69, 9.17) is 4.74 Å². The van der Waals surface area contributed by atoms with Gasteiger partial charge in [0.15, 0.2) is 0 Å². The second-order valence-corrected chi connectivity index (χ2v) is 6.07. The summed E-state index contributed by atoms with van der Waals surface area (Å²) in [7, 11) is 1.58. The van der Waals surface area contributed by atoms with Crippen molar-refractivity contribution in [2.75, 3.05) is 43.1 Å². The fourth-order valence-corrected chi connectivity index (χ4v) is 3.12. The zero-order valence-corrected chi connectivity index (χ0v) is 13.2. The summed E-state index contributed by atoms with van der Waals surface area (Å²) in [4.78, 5) is 17.7. The maximum Gasteiger partial charge on any atom is 0.322 e. The predicted molar refractivity (Wildman–Crippen MR) is 84.5 cm³/mol. The van der Waals surface area contributed by atoms with Crippen molar-refractivity contribution in [1.82, 2.24) is 15.0 Å². The SMILES string of the molecule is COc1nc(N2CCCCCC2)nc(N2CCCC(O)C2)n1. The lowest BCUT2D eigenvalue weighted by atomic mass is 10.1. The molecule has 0 saturated carbocycles. The zero-order valence-electron chi connectivity index (χ0n) is 13.2. The van der Waals surface area contributed by atoms with Gasteiger partial charge in [-0.15, -0.1) is 0 Å². The zero-order chi connectivity index (χ0) is 15.4. The second-order valence-electron chi connectivity index (χ2n) is 6.07. The molecule has 2 fully saturated rings. The lowest BCUT2D eigenvalue weighted by Gasteiger charge is -2.30. The number of ether oxygens (including phenoxy) is 1. The largest absolute Gasteiger partial charge is 0.467 e. The van der Waals surface area contributed by atoms with Crippen LogP contribution in [0.5, 0.6) is 6.01 Å². The second kappa shape index (κ2) is 7.09. The van der Waals surface area contributed by atoms with Crippen LogP contribution in [0.2, 0.25) is 0 Å². The van der Waals surface area contributed by atoms with E-state index in [0.29, 0.717) is 24.5 Å². The van der Waals surface area contributed by atoms with Crippen molar-refractivity contribution in [3.05, 3.63) is 0 Å². The van der Waals surface area contributed by atoms with E-state index in [1.54, 1.807) is 7.11 Å². The molecule has 2 aliphatic rings. The van der Waals surface area contributed by atoms with Crippen LogP contribution >= 0.6 is 0 Å². The van der Waals surface area contributed by atoms with E-state index in [0.717, 1.165) is 32.5 Å². The summed E-state index contributed by atoms with van der Waals surface area (Å²) < 4.78 is 5.26. The van der Waals surface area contributed by atoms with E-state index >= 15 is 0 Å². The number of hydrogen-bond donors (Lipinski definition) is 1. The minimum atomic E-state index is -0.307. The van der Waals surface area contributed by atoms with Crippen molar-refractivity contribution < 1.29 is 9.84 Å². The molecule has 3 heterocycles. The molecule has 7 heteroatoms. The van der Waals surface area contributed by atoms with Crippen LogP contribution in [-0.4, -0.2) is 59.5 Å². The van der Waals surface area contributed by atoms with Gasteiger partial charge in [0, 0.05) is 26.2 Å². The van der Waals surface area contributed by atoms with Gasteiger partial charge in [0.2, 0.25) is 11.9 Å². The molecule has 7 nitrogen and oxygen atoms in total. The molecule has 0 spiro atoms. The van der Waals surface area contributed by atoms with Gasteiger partial charge >= 0.3 is 6.01 Å². The summed E-state index contributed by atoms with van der Waals surface area (Å²) in [6.07, 6.45) is 6.37. The lowest BCUT2D eigenvalue weighted by molar-refractivity contribution is 0.153. The van der Waals surface area contributed by atoms with E-state index in [2.05, 4.69) is 19.9 Å². The highest BCUT2D eigenvalue weighted by Gasteiger charge is 2.23. The Hall–Kier alpha value is -1.63. The molecular formula is C15H25N5O2. The van der Waals surface area contributed by atoms with Gasteiger partial charge in [0.05, 0.1) is 13.2 Å². The Morgan fingerprint density at radius 2 is 1.55 bits per heavy atom. The molecule has 1 aromatic rings. The van der Waals surface area contributed by atoms with Crippen LogP contribution in [0.15, 0.2) is 0 Å². The maximum atomic E-state index is 9.87. The maximum absolute atomic E-state index is 9.87. The smallest absolute Gasteiger partial charge is 0.322 e. The molecule has 1 atom stereocenters. The van der Waals surface area contributed by atoms with E-state index in [-0.39, 0.29) is 6.10 Å². The van der Waals surface area contributed by atoms with Crippen molar-refractivity contribution in [3.63, 3.8) is 0 Å². The van der Waals surface area contributed by atoms with Crippen molar-refractivity contribution in [3.8, 4) is 6.01 Å². The Morgan fingerprint density at radius 3 is 2.18 bits per heavy atom. The average molecular weight is 307 g/mol. The number of aliphatic hydroxyl groups is 1. The number of nitrogens with zero attached hydrogens (tertiary/aromatic N) is 5.